The lowest BCUT2D eigenvalue weighted by Gasteiger charge is -2.03. The van der Waals surface area contributed by atoms with Crippen LogP contribution in [-0.2, 0) is 9.05 Å². The molecule has 0 aliphatic rings. The van der Waals surface area contributed by atoms with Crippen molar-refractivity contribution in [3.63, 3.8) is 0 Å². The lowest BCUT2D eigenvalue weighted by Crippen LogP contribution is -1.95. The molecule has 1 rings (SSSR count). The molecule has 0 bridgehead atoms. The van der Waals surface area contributed by atoms with E-state index >= 15 is 0 Å². The Morgan fingerprint density at radius 3 is 2.29 bits per heavy atom. The van der Waals surface area contributed by atoms with Crippen molar-refractivity contribution < 1.29 is 8.42 Å². The van der Waals surface area contributed by atoms with Crippen LogP contribution in [-0.4, -0.2) is 8.42 Å². The van der Waals surface area contributed by atoms with E-state index in [1.807, 2.05) is 0 Å². The molecule has 0 fully saturated rings. The van der Waals surface area contributed by atoms with Gasteiger partial charge in [0.05, 0.1) is 15.6 Å². The highest BCUT2D eigenvalue weighted by Crippen LogP contribution is 2.33. The largest absolute Gasteiger partial charge is 0.264 e. The molecule has 0 aliphatic heterocycles. The van der Waals surface area contributed by atoms with Crippen LogP contribution in [0.25, 0.3) is 0 Å². The first-order valence-corrected chi connectivity index (χ1v) is 6.27. The van der Waals surface area contributed by atoms with Crippen molar-refractivity contribution in [1.29, 1.82) is 5.26 Å². The molecule has 0 heterocycles. The summed E-state index contributed by atoms with van der Waals surface area (Å²) >= 11 is 11.2. The van der Waals surface area contributed by atoms with E-state index < -0.39 is 13.9 Å². The highest BCUT2D eigenvalue weighted by molar-refractivity contribution is 8.14. The van der Waals surface area contributed by atoms with Gasteiger partial charge in [0, 0.05) is 10.7 Å². The summed E-state index contributed by atoms with van der Waals surface area (Å²) in [6, 6.07) is 4.29. The second-order valence-corrected chi connectivity index (χ2v) is 5.58. The Bertz CT molecular complexity index is 518. The van der Waals surface area contributed by atoms with Crippen LogP contribution in [0.5, 0.6) is 0 Å². The van der Waals surface area contributed by atoms with Crippen molar-refractivity contribution in [3.05, 3.63) is 27.7 Å². The van der Waals surface area contributed by atoms with Crippen molar-refractivity contribution in [3.8, 4) is 6.07 Å². The molecule has 0 radical (unpaired) electrons. The summed E-state index contributed by atoms with van der Waals surface area (Å²) in [6.45, 7) is 0. The monoisotopic (exact) mass is 269 g/mol. The minimum Gasteiger partial charge on any atom is -0.207 e. The molecule has 0 saturated carbocycles. The normalized spacial score (nSPS) is 11.0. The van der Waals surface area contributed by atoms with Gasteiger partial charge in [-0.05, 0) is 12.1 Å². The van der Waals surface area contributed by atoms with Gasteiger partial charge < -0.3 is 0 Å². The fourth-order valence-corrected chi connectivity index (χ4v) is 3.21. The average Bonchev–Trinajstić information content (AvgIpc) is 2.02. The van der Waals surface area contributed by atoms with Crippen LogP contribution in [0.2, 0.25) is 10.0 Å². The van der Waals surface area contributed by atoms with E-state index in [2.05, 4.69) is 0 Å². The fraction of sp³-hybridized carbons (Fsp3) is 0. The Balaban J connectivity index is 3.68. The van der Waals surface area contributed by atoms with E-state index in [0.717, 1.165) is 0 Å². The van der Waals surface area contributed by atoms with Gasteiger partial charge in [0.2, 0.25) is 0 Å². The number of rotatable bonds is 1. The van der Waals surface area contributed by atoms with E-state index in [4.69, 9.17) is 39.1 Å². The molecule has 0 unspecified atom stereocenters. The van der Waals surface area contributed by atoms with Gasteiger partial charge in [-0.25, -0.2) is 8.42 Å². The van der Waals surface area contributed by atoms with Crippen molar-refractivity contribution >= 4 is 42.9 Å². The number of benzene rings is 1. The highest BCUT2D eigenvalue weighted by Gasteiger charge is 2.21. The summed E-state index contributed by atoms with van der Waals surface area (Å²) < 4.78 is 22.1. The van der Waals surface area contributed by atoms with Gasteiger partial charge in [0.1, 0.15) is 11.0 Å². The van der Waals surface area contributed by atoms with Crippen LogP contribution in [0.3, 0.4) is 0 Å². The van der Waals surface area contributed by atoms with Crippen LogP contribution in [0.1, 0.15) is 5.56 Å². The molecule has 0 amide bonds. The van der Waals surface area contributed by atoms with E-state index in [1.165, 1.54) is 12.1 Å². The van der Waals surface area contributed by atoms with Gasteiger partial charge in [0.15, 0.2) is 0 Å². The Hall–Kier alpha value is -0.470. The van der Waals surface area contributed by atoms with Crippen LogP contribution < -0.4 is 0 Å². The Morgan fingerprint density at radius 1 is 1.29 bits per heavy atom. The molecule has 0 saturated heterocycles. The highest BCUT2D eigenvalue weighted by atomic mass is 35.7. The van der Waals surface area contributed by atoms with Crippen molar-refractivity contribution in [1.82, 2.24) is 0 Å². The quantitative estimate of drug-likeness (QED) is 0.737. The summed E-state index contributed by atoms with van der Waals surface area (Å²) in [5.74, 6) is 0. The summed E-state index contributed by atoms with van der Waals surface area (Å²) in [6.07, 6.45) is 0. The van der Waals surface area contributed by atoms with Crippen molar-refractivity contribution in [2.75, 3.05) is 0 Å². The zero-order valence-corrected chi connectivity index (χ0v) is 9.54. The predicted octanol–water partition coefficient (Wildman–Crippen LogP) is 2.79. The van der Waals surface area contributed by atoms with Gasteiger partial charge in [0.25, 0.3) is 9.05 Å². The molecular weight excluding hydrogens is 269 g/mol. The molecule has 0 aliphatic carbocycles. The maximum absolute atomic E-state index is 11.0. The van der Waals surface area contributed by atoms with Crippen molar-refractivity contribution in [2.24, 2.45) is 0 Å². The molecule has 3 nitrogen and oxygen atoms in total. The summed E-state index contributed by atoms with van der Waals surface area (Å²) in [5.41, 5.74) is 0.00953. The first kappa shape index (κ1) is 11.6. The van der Waals surface area contributed by atoms with E-state index in [-0.39, 0.29) is 15.6 Å². The van der Waals surface area contributed by atoms with Gasteiger partial charge in [-0.15, -0.1) is 0 Å². The smallest absolute Gasteiger partial charge is 0.207 e. The molecule has 0 aromatic heterocycles. The number of hydrogen-bond acceptors (Lipinski definition) is 3. The minimum atomic E-state index is -4.04. The van der Waals surface area contributed by atoms with Crippen molar-refractivity contribution in [2.45, 2.75) is 4.90 Å². The number of nitriles is 1. The molecule has 74 valence electrons. The first-order chi connectivity index (χ1) is 6.38. The SMILES string of the molecule is N#Cc1ccc(Cl)c(S(=O)(=O)Cl)c1Cl. The second-order valence-electron chi connectivity index (χ2n) is 2.29. The molecule has 0 atom stereocenters. The molecule has 0 spiro atoms. The Labute approximate surface area is 95.2 Å². The van der Waals surface area contributed by atoms with Gasteiger partial charge in [-0.3, -0.25) is 0 Å². The van der Waals surface area contributed by atoms with E-state index in [9.17, 15) is 8.42 Å². The van der Waals surface area contributed by atoms with Crippen LogP contribution in [0.4, 0.5) is 0 Å². The van der Waals surface area contributed by atoms with E-state index in [1.54, 1.807) is 6.07 Å². The minimum absolute atomic E-state index is 0.00953. The van der Waals surface area contributed by atoms with E-state index in [0.29, 0.717) is 0 Å². The Morgan fingerprint density at radius 2 is 1.86 bits per heavy atom. The summed E-state index contributed by atoms with van der Waals surface area (Å²) in [4.78, 5) is -0.429. The third-order valence-electron chi connectivity index (χ3n) is 1.41. The zero-order chi connectivity index (χ0) is 10.9. The third-order valence-corrected chi connectivity index (χ3v) is 3.72. The van der Waals surface area contributed by atoms with Gasteiger partial charge in [-0.1, -0.05) is 23.2 Å². The first-order valence-electron chi connectivity index (χ1n) is 3.20. The number of nitrogens with zero attached hydrogens (tertiary/aromatic N) is 1. The maximum Gasteiger partial charge on any atom is 0.264 e. The topological polar surface area (TPSA) is 57.9 Å². The lowest BCUT2D eigenvalue weighted by atomic mass is 10.2. The molecule has 14 heavy (non-hydrogen) atoms. The molecule has 1 aromatic rings. The molecular formula is C7H2Cl3NO2S. The van der Waals surface area contributed by atoms with Crippen LogP contribution in [0, 0.1) is 11.3 Å². The fourth-order valence-electron chi connectivity index (χ4n) is 0.842. The zero-order valence-electron chi connectivity index (χ0n) is 6.46. The number of halogens is 3. The summed E-state index contributed by atoms with van der Waals surface area (Å²) in [5, 5.41) is 8.22. The van der Waals surface area contributed by atoms with Gasteiger partial charge in [-0.2, -0.15) is 5.26 Å². The third kappa shape index (κ3) is 2.12. The lowest BCUT2D eigenvalue weighted by molar-refractivity contribution is 0.609. The Kier molecular flexibility index (Phi) is 3.28. The maximum atomic E-state index is 11.0. The predicted molar refractivity (Wildman–Crippen MR) is 54.2 cm³/mol. The molecule has 7 heteroatoms. The summed E-state index contributed by atoms with van der Waals surface area (Å²) in [7, 11) is 1.05. The molecule has 1 aromatic carbocycles. The van der Waals surface area contributed by atoms with Gasteiger partial charge >= 0.3 is 0 Å². The second kappa shape index (κ2) is 3.95. The average molecular weight is 271 g/mol. The van der Waals surface area contributed by atoms with Crippen LogP contribution >= 0.6 is 33.9 Å². The molecule has 0 N–H and O–H groups in total. The standard InChI is InChI=1S/C7H2Cl3NO2S/c8-5-2-1-4(3-11)6(9)7(5)14(10,12)13/h1-2H. The van der Waals surface area contributed by atoms with Crippen LogP contribution in [0.15, 0.2) is 17.0 Å². The number of hydrogen-bond donors (Lipinski definition) is 0.